The van der Waals surface area contributed by atoms with Crippen LogP contribution in [-0.4, -0.2) is 15.0 Å². The number of nitrogens with two attached hydrogens (primary N) is 1. The van der Waals surface area contributed by atoms with Crippen molar-refractivity contribution >= 4 is 21.7 Å². The Morgan fingerprint density at radius 2 is 1.92 bits per heavy atom. The first-order valence-electron chi connectivity index (χ1n) is 3.69. The lowest BCUT2D eigenvalue weighted by atomic mass is 10.3. The molecule has 0 aliphatic carbocycles. The molecule has 0 spiro atoms. The van der Waals surface area contributed by atoms with Gasteiger partial charge in [-0.05, 0) is 24.3 Å². The van der Waals surface area contributed by atoms with E-state index in [0.717, 1.165) is 10.2 Å². The van der Waals surface area contributed by atoms with E-state index in [-0.39, 0.29) is 0 Å². The second-order valence-electron chi connectivity index (χ2n) is 2.56. The zero-order chi connectivity index (χ0) is 9.26. The lowest BCUT2D eigenvalue weighted by Gasteiger charge is -1.98. The average Bonchev–Trinajstić information content (AvgIpc) is 2.53. The fourth-order valence-corrected chi connectivity index (χ4v) is 1.26. The Hall–Kier alpha value is -1.36. The van der Waals surface area contributed by atoms with E-state index >= 15 is 0 Å². The van der Waals surface area contributed by atoms with E-state index in [1.807, 2.05) is 24.3 Å². The fourth-order valence-electron chi connectivity index (χ4n) is 0.997. The first kappa shape index (κ1) is 8.25. The van der Waals surface area contributed by atoms with Crippen LogP contribution in [0.2, 0.25) is 0 Å². The largest absolute Gasteiger partial charge is 0.381 e. The van der Waals surface area contributed by atoms with Crippen LogP contribution < -0.4 is 5.73 Å². The Morgan fingerprint density at radius 1 is 1.23 bits per heavy atom. The minimum atomic E-state index is 0.419. The van der Waals surface area contributed by atoms with Gasteiger partial charge in [0.2, 0.25) is 0 Å². The van der Waals surface area contributed by atoms with Crippen molar-refractivity contribution in [1.82, 2.24) is 15.0 Å². The van der Waals surface area contributed by atoms with Crippen molar-refractivity contribution in [2.75, 3.05) is 5.73 Å². The first-order valence-corrected chi connectivity index (χ1v) is 4.49. The van der Waals surface area contributed by atoms with E-state index in [1.54, 1.807) is 10.9 Å². The average molecular weight is 239 g/mol. The summed E-state index contributed by atoms with van der Waals surface area (Å²) in [4.78, 5) is 0. The zero-order valence-electron chi connectivity index (χ0n) is 6.68. The fraction of sp³-hybridized carbons (Fsp3) is 0. The van der Waals surface area contributed by atoms with Crippen molar-refractivity contribution in [1.29, 1.82) is 0 Å². The van der Waals surface area contributed by atoms with Crippen LogP contribution in [0, 0.1) is 0 Å². The van der Waals surface area contributed by atoms with Gasteiger partial charge in [0.25, 0.3) is 0 Å². The molecule has 66 valence electrons. The number of nitrogen functional groups attached to an aromatic ring is 1. The monoisotopic (exact) mass is 238 g/mol. The molecule has 0 fully saturated rings. The number of hydrogen-bond acceptors (Lipinski definition) is 3. The maximum atomic E-state index is 5.44. The van der Waals surface area contributed by atoms with Crippen molar-refractivity contribution in [3.8, 4) is 5.69 Å². The molecule has 0 saturated carbocycles. The Kier molecular flexibility index (Phi) is 2.02. The van der Waals surface area contributed by atoms with Gasteiger partial charge in [-0.3, -0.25) is 0 Å². The van der Waals surface area contributed by atoms with Crippen LogP contribution in [0.5, 0.6) is 0 Å². The summed E-state index contributed by atoms with van der Waals surface area (Å²) >= 11 is 3.35. The summed E-state index contributed by atoms with van der Waals surface area (Å²) in [6, 6.07) is 7.73. The number of benzene rings is 1. The van der Waals surface area contributed by atoms with Gasteiger partial charge < -0.3 is 5.73 Å². The van der Waals surface area contributed by atoms with Crippen LogP contribution in [0.3, 0.4) is 0 Å². The van der Waals surface area contributed by atoms with Crippen molar-refractivity contribution in [2.45, 2.75) is 0 Å². The summed E-state index contributed by atoms with van der Waals surface area (Å²) in [5.41, 5.74) is 6.38. The SMILES string of the molecule is Nc1cn(-c2ccc(Br)cc2)nn1. The molecule has 1 heterocycles. The smallest absolute Gasteiger partial charge is 0.166 e. The normalized spacial score (nSPS) is 10.2. The van der Waals surface area contributed by atoms with Crippen molar-refractivity contribution < 1.29 is 0 Å². The van der Waals surface area contributed by atoms with E-state index in [0.29, 0.717) is 5.82 Å². The zero-order valence-corrected chi connectivity index (χ0v) is 8.27. The predicted molar refractivity (Wildman–Crippen MR) is 53.5 cm³/mol. The maximum absolute atomic E-state index is 5.44. The molecule has 2 N–H and O–H groups in total. The van der Waals surface area contributed by atoms with Crippen LogP contribution >= 0.6 is 15.9 Å². The molecule has 2 aromatic rings. The molecule has 0 atom stereocenters. The highest BCUT2D eigenvalue weighted by Gasteiger charge is 1.98. The van der Waals surface area contributed by atoms with E-state index in [9.17, 15) is 0 Å². The quantitative estimate of drug-likeness (QED) is 0.822. The van der Waals surface area contributed by atoms with Gasteiger partial charge in [-0.2, -0.15) is 0 Å². The topological polar surface area (TPSA) is 56.7 Å². The highest BCUT2D eigenvalue weighted by molar-refractivity contribution is 9.10. The summed E-state index contributed by atoms with van der Waals surface area (Å²) in [6.07, 6.45) is 1.67. The molecule has 0 bridgehead atoms. The highest BCUT2D eigenvalue weighted by atomic mass is 79.9. The van der Waals surface area contributed by atoms with E-state index < -0.39 is 0 Å². The molecule has 0 saturated heterocycles. The van der Waals surface area contributed by atoms with Gasteiger partial charge in [0.05, 0.1) is 11.9 Å². The highest BCUT2D eigenvalue weighted by Crippen LogP contribution is 2.13. The lowest BCUT2D eigenvalue weighted by Crippen LogP contribution is -1.93. The molecular weight excluding hydrogens is 232 g/mol. The van der Waals surface area contributed by atoms with Crippen molar-refractivity contribution in [2.24, 2.45) is 0 Å². The van der Waals surface area contributed by atoms with Gasteiger partial charge >= 0.3 is 0 Å². The molecule has 1 aromatic heterocycles. The summed E-state index contributed by atoms with van der Waals surface area (Å²) in [6.45, 7) is 0. The Morgan fingerprint density at radius 3 is 2.46 bits per heavy atom. The second-order valence-corrected chi connectivity index (χ2v) is 3.48. The number of aromatic nitrogens is 3. The molecular formula is C8H7BrN4. The van der Waals surface area contributed by atoms with Crippen LogP contribution in [0.15, 0.2) is 34.9 Å². The van der Waals surface area contributed by atoms with Gasteiger partial charge in [-0.15, -0.1) is 5.10 Å². The van der Waals surface area contributed by atoms with Gasteiger partial charge in [-0.25, -0.2) is 4.68 Å². The minimum absolute atomic E-state index is 0.419. The van der Waals surface area contributed by atoms with Crippen LogP contribution in [-0.2, 0) is 0 Å². The number of halogens is 1. The number of rotatable bonds is 1. The third-order valence-corrected chi connectivity index (χ3v) is 2.13. The van der Waals surface area contributed by atoms with Crippen LogP contribution in [0.1, 0.15) is 0 Å². The minimum Gasteiger partial charge on any atom is -0.381 e. The first-order chi connectivity index (χ1) is 6.25. The van der Waals surface area contributed by atoms with Crippen molar-refractivity contribution in [3.05, 3.63) is 34.9 Å². The Labute approximate surface area is 83.5 Å². The van der Waals surface area contributed by atoms with Crippen LogP contribution in [0.25, 0.3) is 5.69 Å². The summed E-state index contributed by atoms with van der Waals surface area (Å²) < 4.78 is 2.66. The molecule has 4 nitrogen and oxygen atoms in total. The maximum Gasteiger partial charge on any atom is 0.166 e. The molecule has 2 rings (SSSR count). The van der Waals surface area contributed by atoms with E-state index in [2.05, 4.69) is 26.2 Å². The molecule has 0 unspecified atom stereocenters. The summed E-state index contributed by atoms with van der Waals surface area (Å²) in [5, 5.41) is 7.54. The molecule has 0 aliphatic heterocycles. The van der Waals surface area contributed by atoms with Crippen LogP contribution in [0.4, 0.5) is 5.82 Å². The van der Waals surface area contributed by atoms with E-state index in [4.69, 9.17) is 5.73 Å². The molecule has 0 amide bonds. The molecule has 1 aromatic carbocycles. The van der Waals surface area contributed by atoms with Gasteiger partial charge in [0, 0.05) is 4.47 Å². The van der Waals surface area contributed by atoms with Gasteiger partial charge in [0.1, 0.15) is 0 Å². The predicted octanol–water partition coefficient (Wildman–Crippen LogP) is 1.61. The standard InChI is InChI=1S/C8H7BrN4/c9-6-1-3-7(4-2-6)13-5-8(10)11-12-13/h1-5H,10H2. The second kappa shape index (κ2) is 3.18. The lowest BCUT2D eigenvalue weighted by molar-refractivity contribution is 0.804. The van der Waals surface area contributed by atoms with Gasteiger partial charge in [-0.1, -0.05) is 21.1 Å². The number of nitrogens with zero attached hydrogens (tertiary/aromatic N) is 3. The molecule has 0 aliphatic rings. The Bertz CT molecular complexity index is 406. The van der Waals surface area contributed by atoms with E-state index in [1.165, 1.54) is 0 Å². The number of hydrogen-bond donors (Lipinski definition) is 1. The molecule has 5 heteroatoms. The number of anilines is 1. The molecule has 13 heavy (non-hydrogen) atoms. The molecule has 0 radical (unpaired) electrons. The van der Waals surface area contributed by atoms with Crippen molar-refractivity contribution in [3.63, 3.8) is 0 Å². The third-order valence-electron chi connectivity index (χ3n) is 1.60. The van der Waals surface area contributed by atoms with Gasteiger partial charge in [0.15, 0.2) is 5.82 Å². The third kappa shape index (κ3) is 1.70. The summed E-state index contributed by atoms with van der Waals surface area (Å²) in [7, 11) is 0. The summed E-state index contributed by atoms with van der Waals surface area (Å²) in [5.74, 6) is 0.419. The Balaban J connectivity index is 2.41.